The zero-order valence-electron chi connectivity index (χ0n) is 11.2. The van der Waals surface area contributed by atoms with Crippen LogP contribution in [0.5, 0.6) is 0 Å². The summed E-state index contributed by atoms with van der Waals surface area (Å²) in [5.41, 5.74) is -2.34. The van der Waals surface area contributed by atoms with Crippen LogP contribution in [-0.4, -0.2) is 25.2 Å². The van der Waals surface area contributed by atoms with Gasteiger partial charge in [-0.15, -0.1) is 11.8 Å². The molecule has 0 fully saturated rings. The van der Waals surface area contributed by atoms with E-state index < -0.39 is 32.1 Å². The highest BCUT2D eigenvalue weighted by molar-refractivity contribution is 8.01. The Bertz CT molecular complexity index is 730. The van der Waals surface area contributed by atoms with Gasteiger partial charge in [-0.3, -0.25) is 4.79 Å². The standard InChI is InChI=1S/C11H8F2OS.CH3FO3S/c1-10(2)11(13)5-3-4-6(15-10)7(8(5)12)9(11)14;1-6(3,4)5-2/h3-4H,1-2H3;1H3. The van der Waals surface area contributed by atoms with E-state index in [0.29, 0.717) is 11.2 Å². The van der Waals surface area contributed by atoms with E-state index in [9.17, 15) is 26.5 Å². The maximum atomic E-state index is 14.7. The summed E-state index contributed by atoms with van der Waals surface area (Å²) in [6.45, 7) is 3.27. The average molecular weight is 340 g/mol. The summed E-state index contributed by atoms with van der Waals surface area (Å²) in [5, 5.41) is 0. The van der Waals surface area contributed by atoms with Gasteiger partial charge in [-0.25, -0.2) is 8.78 Å². The highest BCUT2D eigenvalue weighted by atomic mass is 32.2. The van der Waals surface area contributed by atoms with Gasteiger partial charge in [0.25, 0.3) is 10.1 Å². The molecule has 1 aromatic rings. The molecule has 9 heteroatoms. The van der Waals surface area contributed by atoms with Gasteiger partial charge < -0.3 is 0 Å². The third-order valence-corrected chi connectivity index (χ3v) is 4.90. The minimum atomic E-state index is -3.83. The lowest BCUT2D eigenvalue weighted by Gasteiger charge is -2.37. The Hall–Kier alpha value is -1.06. The predicted molar refractivity (Wildman–Crippen MR) is 70.5 cm³/mol. The SMILES string of the molecule is CC1(C)Sc2ccc3c(F)c2C(=O)C31F.CS(=O)(=O)OF. The molecule has 3 rings (SSSR count). The van der Waals surface area contributed by atoms with Crippen LogP contribution in [0.1, 0.15) is 29.8 Å². The van der Waals surface area contributed by atoms with Crippen LogP contribution in [0.4, 0.5) is 13.3 Å². The fraction of sp³-hybridized carbons (Fsp3) is 0.417. The summed E-state index contributed by atoms with van der Waals surface area (Å²) in [6.07, 6.45) is 0.618. The highest BCUT2D eigenvalue weighted by Crippen LogP contribution is 2.60. The number of benzene rings is 1. The normalized spacial score (nSPS) is 24.8. The van der Waals surface area contributed by atoms with Crippen molar-refractivity contribution in [1.82, 2.24) is 0 Å². The van der Waals surface area contributed by atoms with E-state index in [4.69, 9.17) is 0 Å². The van der Waals surface area contributed by atoms with Crippen LogP contribution in [0.2, 0.25) is 0 Å². The van der Waals surface area contributed by atoms with Crippen molar-refractivity contribution in [3.63, 3.8) is 0 Å². The number of carbonyl (C=O) groups excluding carboxylic acids is 1. The van der Waals surface area contributed by atoms with Crippen LogP contribution in [0, 0.1) is 5.82 Å². The summed E-state index contributed by atoms with van der Waals surface area (Å²) in [7, 11) is -3.83. The van der Waals surface area contributed by atoms with Crippen LogP contribution in [-0.2, 0) is 20.2 Å². The third-order valence-electron chi connectivity index (χ3n) is 3.32. The highest BCUT2D eigenvalue weighted by Gasteiger charge is 2.64. The molecule has 116 valence electrons. The monoisotopic (exact) mass is 340 g/mol. The first kappa shape index (κ1) is 16.3. The van der Waals surface area contributed by atoms with Gasteiger partial charge in [0.15, 0.2) is 0 Å². The lowest BCUT2D eigenvalue weighted by Crippen LogP contribution is -2.46. The molecule has 1 aromatic carbocycles. The third kappa shape index (κ3) is 2.27. The Morgan fingerprint density at radius 3 is 2.29 bits per heavy atom. The molecule has 21 heavy (non-hydrogen) atoms. The molecule has 1 aliphatic carbocycles. The van der Waals surface area contributed by atoms with Crippen LogP contribution >= 0.6 is 11.8 Å². The molecule has 1 aliphatic heterocycles. The number of Topliss-reactive ketones (excluding diaryl/α,β-unsaturated/α-hetero) is 1. The van der Waals surface area contributed by atoms with Crippen molar-refractivity contribution in [3.8, 4) is 0 Å². The van der Waals surface area contributed by atoms with E-state index >= 15 is 0 Å². The quantitative estimate of drug-likeness (QED) is 0.787. The molecule has 2 aliphatic rings. The van der Waals surface area contributed by atoms with E-state index in [-0.39, 0.29) is 11.1 Å². The number of ketones is 1. The van der Waals surface area contributed by atoms with E-state index in [2.05, 4.69) is 4.39 Å². The van der Waals surface area contributed by atoms with Crippen molar-refractivity contribution in [2.45, 2.75) is 29.2 Å². The van der Waals surface area contributed by atoms with E-state index in [0.717, 1.165) is 0 Å². The van der Waals surface area contributed by atoms with Crippen molar-refractivity contribution in [1.29, 1.82) is 0 Å². The number of halogens is 3. The number of fused-ring (bicyclic) bond motifs is 3. The van der Waals surface area contributed by atoms with Gasteiger partial charge >= 0.3 is 0 Å². The molecule has 0 saturated carbocycles. The minimum Gasteiger partial charge on any atom is -0.290 e. The molecule has 0 radical (unpaired) electrons. The second kappa shape index (κ2) is 4.72. The molecular weight excluding hydrogens is 329 g/mol. The average Bonchev–Trinajstić information content (AvgIpc) is 2.44. The number of rotatable bonds is 1. The van der Waals surface area contributed by atoms with E-state index in [1.165, 1.54) is 17.8 Å². The summed E-state index contributed by atoms with van der Waals surface area (Å²) in [6, 6.07) is 3.02. The van der Waals surface area contributed by atoms with Crippen LogP contribution in [0.15, 0.2) is 17.0 Å². The maximum Gasteiger partial charge on any atom is 0.295 e. The fourth-order valence-corrected chi connectivity index (χ4v) is 3.67. The van der Waals surface area contributed by atoms with Gasteiger partial charge in [0.2, 0.25) is 11.5 Å². The molecule has 3 bridgehead atoms. The van der Waals surface area contributed by atoms with Gasteiger partial charge in [-0.1, -0.05) is 10.5 Å². The first-order chi connectivity index (χ1) is 9.45. The Morgan fingerprint density at radius 1 is 1.29 bits per heavy atom. The van der Waals surface area contributed by atoms with Crippen LogP contribution < -0.4 is 0 Å². The van der Waals surface area contributed by atoms with Crippen molar-refractivity contribution >= 4 is 27.7 Å². The Balaban J connectivity index is 0.000000232. The molecule has 0 aromatic heterocycles. The van der Waals surface area contributed by atoms with Crippen molar-refractivity contribution in [2.24, 2.45) is 0 Å². The predicted octanol–water partition coefficient (Wildman–Crippen LogP) is 2.92. The lowest BCUT2D eigenvalue weighted by molar-refractivity contribution is 0.00420. The molecule has 0 amide bonds. The number of carbonyl (C=O) groups is 1. The van der Waals surface area contributed by atoms with E-state index in [1.807, 2.05) is 0 Å². The van der Waals surface area contributed by atoms with Crippen molar-refractivity contribution < 1.29 is 30.9 Å². The molecule has 0 saturated heterocycles. The van der Waals surface area contributed by atoms with Crippen molar-refractivity contribution in [2.75, 3.05) is 6.26 Å². The maximum absolute atomic E-state index is 14.7. The molecule has 0 N–H and O–H groups in total. The zero-order valence-corrected chi connectivity index (χ0v) is 12.9. The van der Waals surface area contributed by atoms with E-state index in [1.54, 1.807) is 19.9 Å². The summed E-state index contributed by atoms with van der Waals surface area (Å²) >= 11 is 1.23. The molecule has 1 atom stereocenters. The number of hydrogen-bond donors (Lipinski definition) is 0. The summed E-state index contributed by atoms with van der Waals surface area (Å²) in [5.74, 6) is -1.38. The smallest absolute Gasteiger partial charge is 0.290 e. The Labute approximate surface area is 123 Å². The molecule has 1 heterocycles. The van der Waals surface area contributed by atoms with Gasteiger partial charge in [0, 0.05) is 10.5 Å². The number of hydrogen-bond acceptors (Lipinski definition) is 5. The van der Waals surface area contributed by atoms with Crippen LogP contribution in [0.25, 0.3) is 0 Å². The Morgan fingerprint density at radius 2 is 1.81 bits per heavy atom. The second-order valence-corrected chi connectivity index (χ2v) is 8.37. The van der Waals surface area contributed by atoms with Crippen LogP contribution in [0.3, 0.4) is 0 Å². The fourth-order valence-electron chi connectivity index (χ4n) is 2.36. The molecular formula is C12H11F3O4S2. The zero-order chi connectivity index (χ0) is 16.2. The van der Waals surface area contributed by atoms with Crippen molar-refractivity contribution in [3.05, 3.63) is 29.1 Å². The number of alkyl halides is 1. The van der Waals surface area contributed by atoms with Gasteiger partial charge in [-0.2, -0.15) is 8.42 Å². The lowest BCUT2D eigenvalue weighted by atomic mass is 9.85. The summed E-state index contributed by atoms with van der Waals surface area (Å²) < 4.78 is 59.1. The molecule has 0 spiro atoms. The minimum absolute atomic E-state index is 0.0562. The van der Waals surface area contributed by atoms with Gasteiger partial charge in [0.05, 0.1) is 16.6 Å². The number of thioether (sulfide) groups is 1. The topological polar surface area (TPSA) is 60.4 Å². The van der Waals surface area contributed by atoms with Gasteiger partial charge in [0.1, 0.15) is 5.82 Å². The largest absolute Gasteiger partial charge is 0.295 e. The Kier molecular flexibility index (Phi) is 3.67. The first-order valence-electron chi connectivity index (χ1n) is 5.71. The molecule has 1 unspecified atom stereocenters. The second-order valence-electron chi connectivity index (χ2n) is 5.17. The molecule has 4 nitrogen and oxygen atoms in total. The summed E-state index contributed by atoms with van der Waals surface area (Å²) in [4.78, 5) is 12.4. The first-order valence-corrected chi connectivity index (χ1v) is 8.35. The van der Waals surface area contributed by atoms with Gasteiger partial charge in [-0.05, 0) is 24.4 Å².